The zero-order valence-corrected chi connectivity index (χ0v) is 10.9. The van der Waals surface area contributed by atoms with Crippen molar-refractivity contribution in [3.8, 4) is 11.5 Å². The molecule has 5 heteroatoms. The van der Waals surface area contributed by atoms with E-state index < -0.39 is 5.97 Å². The topological polar surface area (TPSA) is 65.0 Å². The Hall–Kier alpha value is -1.75. The van der Waals surface area contributed by atoms with E-state index >= 15 is 0 Å². The molecular formula is C13H18O5. The molecule has 100 valence electrons. The molecule has 1 aromatic carbocycles. The number of carbonyl (C=O) groups is 1. The van der Waals surface area contributed by atoms with Crippen molar-refractivity contribution in [3.05, 3.63) is 23.3 Å². The molecule has 0 atom stereocenters. The first kappa shape index (κ1) is 14.3. The van der Waals surface area contributed by atoms with Crippen LogP contribution in [-0.4, -0.2) is 32.4 Å². The average Bonchev–Trinajstić information content (AvgIpc) is 2.36. The van der Waals surface area contributed by atoms with Gasteiger partial charge in [0.15, 0.2) is 11.5 Å². The number of ether oxygens (including phenoxy) is 3. The lowest BCUT2D eigenvalue weighted by molar-refractivity contribution is -0.136. The fourth-order valence-corrected chi connectivity index (χ4v) is 1.73. The van der Waals surface area contributed by atoms with E-state index in [2.05, 4.69) is 0 Å². The van der Waals surface area contributed by atoms with E-state index in [4.69, 9.17) is 19.3 Å². The Kier molecular flexibility index (Phi) is 5.45. The molecule has 5 nitrogen and oxygen atoms in total. The summed E-state index contributed by atoms with van der Waals surface area (Å²) in [5.74, 6) is 0.384. The summed E-state index contributed by atoms with van der Waals surface area (Å²) in [6, 6.07) is 3.62. The summed E-state index contributed by atoms with van der Waals surface area (Å²) in [7, 11) is 4.71. The lowest BCUT2D eigenvalue weighted by Gasteiger charge is -2.14. The summed E-state index contributed by atoms with van der Waals surface area (Å²) in [5, 5.41) is 8.74. The average molecular weight is 254 g/mol. The lowest BCUT2D eigenvalue weighted by Crippen LogP contribution is -2.03. The molecule has 1 rings (SSSR count). The van der Waals surface area contributed by atoms with E-state index in [1.54, 1.807) is 27.4 Å². The first-order valence-electron chi connectivity index (χ1n) is 5.56. The molecule has 0 fully saturated rings. The Bertz CT molecular complexity index is 414. The summed E-state index contributed by atoms with van der Waals surface area (Å²) < 4.78 is 15.5. The van der Waals surface area contributed by atoms with Gasteiger partial charge < -0.3 is 19.3 Å². The van der Waals surface area contributed by atoms with Crippen LogP contribution >= 0.6 is 0 Å². The number of rotatable bonds is 7. The van der Waals surface area contributed by atoms with Crippen LogP contribution in [0.15, 0.2) is 12.1 Å². The van der Waals surface area contributed by atoms with Crippen molar-refractivity contribution in [2.75, 3.05) is 21.3 Å². The highest BCUT2D eigenvalue weighted by molar-refractivity contribution is 5.67. The Morgan fingerprint density at radius 3 is 2.11 bits per heavy atom. The van der Waals surface area contributed by atoms with Crippen LogP contribution in [0.2, 0.25) is 0 Å². The highest BCUT2D eigenvalue weighted by atomic mass is 16.5. The van der Waals surface area contributed by atoms with E-state index in [1.165, 1.54) is 0 Å². The van der Waals surface area contributed by atoms with Crippen LogP contribution in [0, 0.1) is 0 Å². The minimum atomic E-state index is -0.826. The number of hydrogen-bond acceptors (Lipinski definition) is 4. The first-order valence-corrected chi connectivity index (χ1v) is 5.56. The van der Waals surface area contributed by atoms with Crippen LogP contribution in [0.1, 0.15) is 17.5 Å². The fraction of sp³-hybridized carbons (Fsp3) is 0.462. The molecule has 0 saturated heterocycles. The predicted octanol–water partition coefficient (Wildman–Crippen LogP) is 1.87. The van der Waals surface area contributed by atoms with Crippen molar-refractivity contribution in [3.63, 3.8) is 0 Å². The Morgan fingerprint density at radius 2 is 1.67 bits per heavy atom. The van der Waals surface area contributed by atoms with E-state index in [-0.39, 0.29) is 6.42 Å². The van der Waals surface area contributed by atoms with Crippen molar-refractivity contribution in [2.24, 2.45) is 0 Å². The first-order chi connectivity index (χ1) is 8.62. The number of carboxylic acid groups (broad SMARTS) is 1. The van der Waals surface area contributed by atoms with Gasteiger partial charge in [0, 0.05) is 13.5 Å². The Labute approximate surface area is 106 Å². The lowest BCUT2D eigenvalue weighted by atomic mass is 10.0. The summed E-state index contributed by atoms with van der Waals surface area (Å²) in [6.45, 7) is 0.412. The second kappa shape index (κ2) is 6.86. The molecule has 0 aromatic heterocycles. The van der Waals surface area contributed by atoms with Gasteiger partial charge >= 0.3 is 5.97 Å². The molecule has 0 radical (unpaired) electrons. The molecule has 1 aromatic rings. The van der Waals surface area contributed by atoms with Crippen LogP contribution in [-0.2, 0) is 22.6 Å². The number of carboxylic acids is 1. The van der Waals surface area contributed by atoms with Gasteiger partial charge in [-0.1, -0.05) is 0 Å². The van der Waals surface area contributed by atoms with Crippen molar-refractivity contribution in [1.82, 2.24) is 0 Å². The molecule has 0 aliphatic heterocycles. The van der Waals surface area contributed by atoms with E-state index in [9.17, 15) is 4.79 Å². The summed E-state index contributed by atoms with van der Waals surface area (Å²) in [6.07, 6.45) is 0.514. The van der Waals surface area contributed by atoms with Crippen molar-refractivity contribution < 1.29 is 24.1 Å². The molecule has 0 unspecified atom stereocenters. The molecular weight excluding hydrogens is 236 g/mol. The predicted molar refractivity (Wildman–Crippen MR) is 66.2 cm³/mol. The van der Waals surface area contributed by atoms with Crippen molar-refractivity contribution in [1.29, 1.82) is 0 Å². The molecule has 0 bridgehead atoms. The molecule has 0 heterocycles. The van der Waals surface area contributed by atoms with E-state index in [1.807, 2.05) is 6.07 Å². The van der Waals surface area contributed by atoms with Gasteiger partial charge in [0.05, 0.1) is 20.8 Å². The van der Waals surface area contributed by atoms with E-state index in [0.717, 1.165) is 11.1 Å². The third-order valence-corrected chi connectivity index (χ3v) is 2.61. The van der Waals surface area contributed by atoms with Gasteiger partial charge in [-0.3, -0.25) is 4.79 Å². The van der Waals surface area contributed by atoms with Gasteiger partial charge in [-0.25, -0.2) is 0 Å². The Morgan fingerprint density at radius 1 is 1.11 bits per heavy atom. The van der Waals surface area contributed by atoms with Gasteiger partial charge in [0.1, 0.15) is 0 Å². The standard InChI is InChI=1S/C13H18O5/c1-16-8-10-7-12(18-3)11(17-2)6-9(10)4-5-13(14)15/h6-7H,4-5,8H2,1-3H3,(H,14,15). The maximum absolute atomic E-state index is 10.6. The highest BCUT2D eigenvalue weighted by Gasteiger charge is 2.12. The quantitative estimate of drug-likeness (QED) is 0.804. The second-order valence-corrected chi connectivity index (χ2v) is 3.80. The van der Waals surface area contributed by atoms with Gasteiger partial charge in [0.25, 0.3) is 0 Å². The van der Waals surface area contributed by atoms with E-state index in [0.29, 0.717) is 24.5 Å². The minimum absolute atomic E-state index is 0.0756. The maximum Gasteiger partial charge on any atom is 0.303 e. The number of hydrogen-bond donors (Lipinski definition) is 1. The molecule has 0 aliphatic rings. The third kappa shape index (κ3) is 3.63. The number of aliphatic carboxylic acids is 1. The number of methoxy groups -OCH3 is 3. The number of aryl methyl sites for hydroxylation is 1. The number of benzene rings is 1. The van der Waals surface area contributed by atoms with Gasteiger partial charge in [-0.05, 0) is 29.7 Å². The molecule has 1 N–H and O–H groups in total. The van der Waals surface area contributed by atoms with Gasteiger partial charge in [-0.2, -0.15) is 0 Å². The summed E-state index contributed by atoms with van der Waals surface area (Å²) in [4.78, 5) is 10.6. The molecule has 0 aliphatic carbocycles. The Balaban J connectivity index is 3.07. The van der Waals surface area contributed by atoms with Crippen LogP contribution in [0.5, 0.6) is 11.5 Å². The van der Waals surface area contributed by atoms with Crippen LogP contribution < -0.4 is 9.47 Å². The SMILES string of the molecule is COCc1cc(OC)c(OC)cc1CCC(=O)O. The fourth-order valence-electron chi connectivity index (χ4n) is 1.73. The minimum Gasteiger partial charge on any atom is -0.493 e. The zero-order chi connectivity index (χ0) is 13.5. The maximum atomic E-state index is 10.6. The van der Waals surface area contributed by atoms with Crippen molar-refractivity contribution in [2.45, 2.75) is 19.4 Å². The summed E-state index contributed by atoms with van der Waals surface area (Å²) >= 11 is 0. The highest BCUT2D eigenvalue weighted by Crippen LogP contribution is 2.31. The van der Waals surface area contributed by atoms with Gasteiger partial charge in [0.2, 0.25) is 0 Å². The van der Waals surface area contributed by atoms with Gasteiger partial charge in [-0.15, -0.1) is 0 Å². The molecule has 18 heavy (non-hydrogen) atoms. The van der Waals surface area contributed by atoms with Crippen LogP contribution in [0.25, 0.3) is 0 Å². The molecule has 0 saturated carbocycles. The second-order valence-electron chi connectivity index (χ2n) is 3.80. The smallest absolute Gasteiger partial charge is 0.303 e. The largest absolute Gasteiger partial charge is 0.493 e. The summed E-state index contributed by atoms with van der Waals surface area (Å²) in [5.41, 5.74) is 1.81. The van der Waals surface area contributed by atoms with Crippen LogP contribution in [0.3, 0.4) is 0 Å². The van der Waals surface area contributed by atoms with Crippen molar-refractivity contribution >= 4 is 5.97 Å². The molecule has 0 spiro atoms. The zero-order valence-electron chi connectivity index (χ0n) is 10.9. The molecule has 0 amide bonds. The third-order valence-electron chi connectivity index (χ3n) is 2.61. The normalized spacial score (nSPS) is 10.2. The monoisotopic (exact) mass is 254 g/mol. The van der Waals surface area contributed by atoms with Crippen LogP contribution in [0.4, 0.5) is 0 Å².